The van der Waals surface area contributed by atoms with Gasteiger partial charge in [-0.3, -0.25) is 0 Å². The first-order valence-corrected chi connectivity index (χ1v) is 1.02. The SMILES string of the molecule is CCO.[H-].[H-].[Mg+2]. The molecule has 0 heterocycles. The van der Waals surface area contributed by atoms with Crippen LogP contribution in [0.1, 0.15) is 9.78 Å². The van der Waals surface area contributed by atoms with Gasteiger partial charge in [0, 0.05) is 6.61 Å². The molecule has 0 fully saturated rings. The molecule has 1 nitrogen and oxygen atoms in total. The molecular weight excluding hydrogens is 64.3 g/mol. The van der Waals surface area contributed by atoms with Gasteiger partial charge in [-0.05, 0) is 6.92 Å². The van der Waals surface area contributed by atoms with E-state index in [1.807, 2.05) is 0 Å². The van der Waals surface area contributed by atoms with Crippen molar-refractivity contribution in [1.29, 1.82) is 0 Å². The molecule has 4 heavy (non-hydrogen) atoms. The molecule has 0 aromatic rings. The minimum atomic E-state index is 0. The van der Waals surface area contributed by atoms with Crippen LogP contribution in [0.15, 0.2) is 0 Å². The predicted molar refractivity (Wildman–Crippen MR) is 20.7 cm³/mol. The van der Waals surface area contributed by atoms with Crippen LogP contribution in [0.3, 0.4) is 0 Å². The summed E-state index contributed by atoms with van der Waals surface area (Å²) in [6.45, 7) is 1.93. The predicted octanol–water partition coefficient (Wildman–Crippen LogP) is -0.157. The molecule has 0 aliphatic rings. The summed E-state index contributed by atoms with van der Waals surface area (Å²) in [6.07, 6.45) is 0. The van der Waals surface area contributed by atoms with Gasteiger partial charge in [0.1, 0.15) is 0 Å². The summed E-state index contributed by atoms with van der Waals surface area (Å²) in [7, 11) is 0. The molecule has 0 bridgehead atoms. The smallest absolute Gasteiger partial charge is 1.00 e. The van der Waals surface area contributed by atoms with Gasteiger partial charge < -0.3 is 7.96 Å². The summed E-state index contributed by atoms with van der Waals surface area (Å²) in [6, 6.07) is 0. The molecule has 0 atom stereocenters. The third-order valence-electron chi connectivity index (χ3n) is 0. The molecule has 0 aromatic heterocycles. The van der Waals surface area contributed by atoms with Crippen molar-refractivity contribution in [2.45, 2.75) is 6.92 Å². The van der Waals surface area contributed by atoms with Gasteiger partial charge in [0.05, 0.1) is 0 Å². The van der Waals surface area contributed by atoms with Crippen molar-refractivity contribution in [3.8, 4) is 0 Å². The Morgan fingerprint density at radius 3 is 2.00 bits per heavy atom. The van der Waals surface area contributed by atoms with E-state index in [4.69, 9.17) is 5.11 Å². The summed E-state index contributed by atoms with van der Waals surface area (Å²) in [5, 5.41) is 7.57. The number of aliphatic hydroxyl groups excluding tert-OH is 1. The van der Waals surface area contributed by atoms with E-state index in [0.717, 1.165) is 0 Å². The van der Waals surface area contributed by atoms with Gasteiger partial charge in [0.25, 0.3) is 0 Å². The zero-order valence-corrected chi connectivity index (χ0v) is 4.28. The molecule has 2 heteroatoms. The molecule has 0 unspecified atom stereocenters. The largest absolute Gasteiger partial charge is 2.00 e. The minimum Gasteiger partial charge on any atom is -1.00 e. The van der Waals surface area contributed by atoms with Crippen LogP contribution < -0.4 is 0 Å². The third kappa shape index (κ3) is 15.4. The van der Waals surface area contributed by atoms with Crippen molar-refractivity contribution in [3.05, 3.63) is 0 Å². The fourth-order valence-electron chi connectivity index (χ4n) is 0. The maximum absolute atomic E-state index is 7.57. The normalized spacial score (nSPS) is 4.50. The van der Waals surface area contributed by atoms with Gasteiger partial charge in [0.15, 0.2) is 0 Å². The standard InChI is InChI=1S/C2H6O.Mg.2H/c1-2-3;;;/h3H,2H2,1H3;;;/q;+2;2*-1. The van der Waals surface area contributed by atoms with Gasteiger partial charge in [-0.2, -0.15) is 0 Å². The minimum absolute atomic E-state index is 0. The first kappa shape index (κ1) is 8.83. The average molecular weight is 72.4 g/mol. The van der Waals surface area contributed by atoms with Crippen molar-refractivity contribution in [1.82, 2.24) is 0 Å². The number of aliphatic hydroxyl groups is 1. The van der Waals surface area contributed by atoms with Gasteiger partial charge in [-0.25, -0.2) is 0 Å². The second kappa shape index (κ2) is 9.29. The molecule has 1 N–H and O–H groups in total. The molecule has 0 aromatic carbocycles. The van der Waals surface area contributed by atoms with E-state index in [2.05, 4.69) is 0 Å². The second-order valence-corrected chi connectivity index (χ2v) is 0.316. The van der Waals surface area contributed by atoms with Crippen LogP contribution in [-0.4, -0.2) is 34.8 Å². The maximum atomic E-state index is 7.57. The zero-order valence-electron chi connectivity index (χ0n) is 4.86. The number of hydrogen-bond acceptors (Lipinski definition) is 1. The van der Waals surface area contributed by atoms with E-state index < -0.39 is 0 Å². The molecular formula is C2H8MgO. The van der Waals surface area contributed by atoms with Crippen molar-refractivity contribution in [3.63, 3.8) is 0 Å². The van der Waals surface area contributed by atoms with Crippen LogP contribution >= 0.6 is 0 Å². The quantitative estimate of drug-likeness (QED) is 0.394. The van der Waals surface area contributed by atoms with E-state index in [1.165, 1.54) is 0 Å². The average Bonchev–Trinajstić information content (AvgIpc) is 0.918. The molecule has 0 spiro atoms. The number of rotatable bonds is 0. The Balaban J connectivity index is -0.00000000667. The van der Waals surface area contributed by atoms with Crippen molar-refractivity contribution >= 4 is 23.1 Å². The van der Waals surface area contributed by atoms with Crippen LogP contribution in [0.4, 0.5) is 0 Å². The van der Waals surface area contributed by atoms with Crippen molar-refractivity contribution in [2.24, 2.45) is 0 Å². The Labute approximate surface area is 45.1 Å². The summed E-state index contributed by atoms with van der Waals surface area (Å²) in [5.41, 5.74) is 0. The van der Waals surface area contributed by atoms with E-state index in [-0.39, 0.29) is 32.5 Å². The van der Waals surface area contributed by atoms with Crippen LogP contribution in [0.2, 0.25) is 0 Å². The molecule has 0 rings (SSSR count). The Kier molecular flexibility index (Phi) is 20.5. The van der Waals surface area contributed by atoms with Crippen molar-refractivity contribution < 1.29 is 7.96 Å². The first-order valence-electron chi connectivity index (χ1n) is 1.02. The molecule has 0 radical (unpaired) electrons. The summed E-state index contributed by atoms with van der Waals surface area (Å²) >= 11 is 0. The first-order chi connectivity index (χ1) is 1.41. The molecule has 0 aliphatic heterocycles. The van der Waals surface area contributed by atoms with Gasteiger partial charge in [-0.15, -0.1) is 0 Å². The summed E-state index contributed by atoms with van der Waals surface area (Å²) < 4.78 is 0. The van der Waals surface area contributed by atoms with Crippen LogP contribution in [0, 0.1) is 0 Å². The Hall–Kier alpha value is 0.726. The fraction of sp³-hybridized carbons (Fsp3) is 1.00. The number of hydrogen-bond donors (Lipinski definition) is 1. The van der Waals surface area contributed by atoms with Crippen LogP contribution in [0.5, 0.6) is 0 Å². The van der Waals surface area contributed by atoms with Gasteiger partial charge in [-0.1, -0.05) is 0 Å². The molecule has 24 valence electrons. The van der Waals surface area contributed by atoms with Gasteiger partial charge in [0.2, 0.25) is 0 Å². The Bertz CT molecular complexity index is 11.5. The summed E-state index contributed by atoms with van der Waals surface area (Å²) in [4.78, 5) is 0. The topological polar surface area (TPSA) is 20.2 Å². The molecule has 0 saturated heterocycles. The molecule has 0 amide bonds. The maximum Gasteiger partial charge on any atom is 2.00 e. The second-order valence-electron chi connectivity index (χ2n) is 0.316. The Morgan fingerprint density at radius 1 is 2.00 bits per heavy atom. The van der Waals surface area contributed by atoms with Crippen LogP contribution in [-0.2, 0) is 0 Å². The van der Waals surface area contributed by atoms with Gasteiger partial charge >= 0.3 is 23.1 Å². The third-order valence-corrected chi connectivity index (χ3v) is 0. The van der Waals surface area contributed by atoms with E-state index in [1.54, 1.807) is 6.92 Å². The van der Waals surface area contributed by atoms with E-state index in [0.29, 0.717) is 0 Å². The summed E-state index contributed by atoms with van der Waals surface area (Å²) in [5.74, 6) is 0. The molecule has 0 aliphatic carbocycles. The molecule has 0 saturated carbocycles. The van der Waals surface area contributed by atoms with E-state index in [9.17, 15) is 0 Å². The monoisotopic (exact) mass is 72.0 g/mol. The van der Waals surface area contributed by atoms with Crippen molar-refractivity contribution in [2.75, 3.05) is 6.61 Å². The fourth-order valence-corrected chi connectivity index (χ4v) is 0. The van der Waals surface area contributed by atoms with Crippen LogP contribution in [0.25, 0.3) is 0 Å². The Morgan fingerprint density at radius 2 is 2.00 bits per heavy atom. The van der Waals surface area contributed by atoms with E-state index >= 15 is 0 Å². The zero-order chi connectivity index (χ0) is 2.71.